The Morgan fingerprint density at radius 2 is 1.77 bits per heavy atom. The summed E-state index contributed by atoms with van der Waals surface area (Å²) in [6.07, 6.45) is 1.52. The van der Waals surface area contributed by atoms with E-state index >= 15 is 0 Å². The van der Waals surface area contributed by atoms with Crippen molar-refractivity contribution >= 4 is 17.4 Å². The van der Waals surface area contributed by atoms with E-state index < -0.39 is 17.7 Å². The van der Waals surface area contributed by atoms with Gasteiger partial charge >= 0.3 is 0 Å². The van der Waals surface area contributed by atoms with Crippen LogP contribution in [0.5, 0.6) is 5.75 Å². The van der Waals surface area contributed by atoms with Gasteiger partial charge in [-0.2, -0.15) is 0 Å². The molecule has 2 heterocycles. The molecule has 0 saturated carbocycles. The fourth-order valence-corrected chi connectivity index (χ4v) is 3.62. The zero-order chi connectivity index (χ0) is 21.1. The second kappa shape index (κ2) is 8.29. The molecule has 2 aromatic carbocycles. The molecule has 152 valence electrons. The molecular formula is C24H21NO5. The zero-order valence-corrected chi connectivity index (χ0v) is 16.4. The van der Waals surface area contributed by atoms with Crippen molar-refractivity contribution in [2.45, 2.75) is 19.5 Å². The maximum absolute atomic E-state index is 12.9. The number of furan rings is 1. The third kappa shape index (κ3) is 3.59. The molecule has 1 aliphatic rings. The Balaban J connectivity index is 1.82. The van der Waals surface area contributed by atoms with E-state index in [1.165, 1.54) is 11.2 Å². The monoisotopic (exact) mass is 403 g/mol. The van der Waals surface area contributed by atoms with E-state index in [2.05, 4.69) is 0 Å². The van der Waals surface area contributed by atoms with Crippen LogP contribution < -0.4 is 4.74 Å². The Morgan fingerprint density at radius 1 is 1.03 bits per heavy atom. The number of Topliss-reactive ketones (excluding diaryl/α,β-unsaturated/α-hetero) is 1. The first kappa shape index (κ1) is 19.5. The fourth-order valence-electron chi connectivity index (χ4n) is 3.62. The van der Waals surface area contributed by atoms with Gasteiger partial charge in [-0.05, 0) is 36.8 Å². The number of ether oxygens (including phenoxy) is 1. The molecule has 1 aliphatic heterocycles. The number of carbonyl (C=O) groups is 2. The Kier molecular flexibility index (Phi) is 5.39. The van der Waals surface area contributed by atoms with E-state index in [1.807, 2.05) is 13.0 Å². The van der Waals surface area contributed by atoms with Gasteiger partial charge < -0.3 is 19.2 Å². The lowest BCUT2D eigenvalue weighted by Crippen LogP contribution is -2.29. The number of amides is 1. The summed E-state index contributed by atoms with van der Waals surface area (Å²) < 4.78 is 10.9. The van der Waals surface area contributed by atoms with Crippen molar-refractivity contribution in [3.63, 3.8) is 0 Å². The van der Waals surface area contributed by atoms with Gasteiger partial charge in [0.2, 0.25) is 0 Å². The van der Waals surface area contributed by atoms with Gasteiger partial charge in [0.15, 0.2) is 0 Å². The Bertz CT molecular complexity index is 1070. The average Bonchev–Trinajstić information content (AvgIpc) is 3.37. The third-order valence-electron chi connectivity index (χ3n) is 5.00. The number of ketones is 1. The van der Waals surface area contributed by atoms with Crippen LogP contribution in [0.25, 0.3) is 5.76 Å². The summed E-state index contributed by atoms with van der Waals surface area (Å²) in [4.78, 5) is 27.3. The number of aliphatic hydroxyl groups is 1. The van der Waals surface area contributed by atoms with Gasteiger partial charge in [-0.15, -0.1) is 0 Å². The van der Waals surface area contributed by atoms with Gasteiger partial charge in [-0.3, -0.25) is 9.59 Å². The highest BCUT2D eigenvalue weighted by Gasteiger charge is 2.46. The minimum atomic E-state index is -0.744. The summed E-state index contributed by atoms with van der Waals surface area (Å²) >= 11 is 0. The van der Waals surface area contributed by atoms with Gasteiger partial charge in [0.05, 0.1) is 31.0 Å². The maximum Gasteiger partial charge on any atom is 0.296 e. The van der Waals surface area contributed by atoms with Crippen molar-refractivity contribution in [2.75, 3.05) is 6.61 Å². The molecule has 3 aromatic rings. The molecule has 1 amide bonds. The van der Waals surface area contributed by atoms with Crippen LogP contribution in [0.4, 0.5) is 0 Å². The van der Waals surface area contributed by atoms with Crippen LogP contribution in [0, 0.1) is 0 Å². The first-order chi connectivity index (χ1) is 14.6. The van der Waals surface area contributed by atoms with E-state index in [0.717, 1.165) is 0 Å². The second-order valence-electron chi connectivity index (χ2n) is 6.87. The van der Waals surface area contributed by atoms with E-state index in [0.29, 0.717) is 29.2 Å². The van der Waals surface area contributed by atoms with E-state index in [1.54, 1.807) is 60.7 Å². The molecule has 0 bridgehead atoms. The number of carbonyl (C=O) groups excluding carboxylic acids is 2. The molecule has 1 N–H and O–H groups in total. The molecule has 0 aliphatic carbocycles. The third-order valence-corrected chi connectivity index (χ3v) is 5.00. The molecule has 0 radical (unpaired) electrons. The summed E-state index contributed by atoms with van der Waals surface area (Å²) in [5.74, 6) is -0.362. The number of rotatable bonds is 6. The van der Waals surface area contributed by atoms with Crippen LogP contribution in [0.2, 0.25) is 0 Å². The topological polar surface area (TPSA) is 80.0 Å². The predicted octanol–water partition coefficient (Wildman–Crippen LogP) is 4.30. The maximum atomic E-state index is 12.9. The Labute approximate surface area is 174 Å². The molecule has 1 atom stereocenters. The molecule has 1 fully saturated rings. The normalized spacial score (nSPS) is 18.0. The number of benzene rings is 2. The highest BCUT2D eigenvalue weighted by molar-refractivity contribution is 6.46. The quantitative estimate of drug-likeness (QED) is 0.377. The average molecular weight is 403 g/mol. The van der Waals surface area contributed by atoms with Gasteiger partial charge in [0.25, 0.3) is 11.7 Å². The largest absolute Gasteiger partial charge is 0.507 e. The number of likely N-dealkylation sites (tertiary alicyclic amines) is 1. The van der Waals surface area contributed by atoms with Crippen molar-refractivity contribution < 1.29 is 23.8 Å². The summed E-state index contributed by atoms with van der Waals surface area (Å²) in [5, 5.41) is 11.0. The molecule has 30 heavy (non-hydrogen) atoms. The van der Waals surface area contributed by atoms with Gasteiger partial charge in [0, 0.05) is 5.56 Å². The summed E-state index contributed by atoms with van der Waals surface area (Å²) in [6, 6.07) is 18.6. The highest BCUT2D eigenvalue weighted by atomic mass is 16.5. The van der Waals surface area contributed by atoms with E-state index in [4.69, 9.17) is 9.15 Å². The van der Waals surface area contributed by atoms with Gasteiger partial charge in [0.1, 0.15) is 17.3 Å². The standard InChI is InChI=1S/C24H21NO5/c1-2-29-18-12-10-16(11-13-18)21-20(22(26)17-7-4-3-5-8-17)23(27)24(28)25(21)15-19-9-6-14-30-19/h3-14,21,26H,2,15H2,1H3/b22-20+/t21-/m1/s1. The van der Waals surface area contributed by atoms with Crippen molar-refractivity contribution in [1.29, 1.82) is 0 Å². The van der Waals surface area contributed by atoms with Crippen molar-refractivity contribution in [2.24, 2.45) is 0 Å². The first-order valence-corrected chi connectivity index (χ1v) is 9.69. The lowest BCUT2D eigenvalue weighted by molar-refractivity contribution is -0.140. The highest BCUT2D eigenvalue weighted by Crippen LogP contribution is 2.40. The summed E-state index contributed by atoms with van der Waals surface area (Å²) in [6.45, 7) is 2.54. The molecule has 0 spiro atoms. The van der Waals surface area contributed by atoms with E-state index in [-0.39, 0.29) is 17.9 Å². The smallest absolute Gasteiger partial charge is 0.296 e. The lowest BCUT2D eigenvalue weighted by atomic mass is 9.95. The van der Waals surface area contributed by atoms with Crippen molar-refractivity contribution in [3.8, 4) is 5.75 Å². The number of hydrogen-bond acceptors (Lipinski definition) is 5. The molecule has 0 unspecified atom stereocenters. The number of aliphatic hydroxyl groups excluding tert-OH is 1. The lowest BCUT2D eigenvalue weighted by Gasteiger charge is -2.24. The van der Waals surface area contributed by atoms with Crippen LogP contribution in [0.15, 0.2) is 83.0 Å². The molecule has 6 heteroatoms. The van der Waals surface area contributed by atoms with Crippen LogP contribution >= 0.6 is 0 Å². The molecule has 4 rings (SSSR count). The zero-order valence-electron chi connectivity index (χ0n) is 16.4. The molecule has 1 aromatic heterocycles. The summed E-state index contributed by atoms with van der Waals surface area (Å²) in [7, 11) is 0. The SMILES string of the molecule is CCOc1ccc([C@@H]2/C(=C(\O)c3ccccc3)C(=O)C(=O)N2Cc2ccco2)cc1. The van der Waals surface area contributed by atoms with Crippen LogP contribution in [-0.2, 0) is 16.1 Å². The van der Waals surface area contributed by atoms with Gasteiger partial charge in [-0.1, -0.05) is 42.5 Å². The van der Waals surface area contributed by atoms with Crippen LogP contribution in [0.1, 0.15) is 29.9 Å². The van der Waals surface area contributed by atoms with Crippen LogP contribution in [-0.4, -0.2) is 28.3 Å². The minimum absolute atomic E-state index is 0.0573. The first-order valence-electron chi connectivity index (χ1n) is 9.69. The second-order valence-corrected chi connectivity index (χ2v) is 6.87. The molecule has 1 saturated heterocycles. The Hall–Kier alpha value is -3.80. The van der Waals surface area contributed by atoms with E-state index in [9.17, 15) is 14.7 Å². The van der Waals surface area contributed by atoms with Crippen molar-refractivity contribution in [1.82, 2.24) is 4.90 Å². The van der Waals surface area contributed by atoms with Crippen LogP contribution in [0.3, 0.4) is 0 Å². The number of hydrogen-bond donors (Lipinski definition) is 1. The number of nitrogens with zero attached hydrogens (tertiary/aromatic N) is 1. The Morgan fingerprint density at radius 3 is 2.40 bits per heavy atom. The predicted molar refractivity (Wildman–Crippen MR) is 111 cm³/mol. The van der Waals surface area contributed by atoms with Gasteiger partial charge in [-0.25, -0.2) is 0 Å². The van der Waals surface area contributed by atoms with Crippen molar-refractivity contribution in [3.05, 3.63) is 95.5 Å². The minimum Gasteiger partial charge on any atom is -0.507 e. The summed E-state index contributed by atoms with van der Waals surface area (Å²) in [5.41, 5.74) is 1.23. The molecular weight excluding hydrogens is 382 g/mol. The fraction of sp³-hybridized carbons (Fsp3) is 0.167. The molecule has 6 nitrogen and oxygen atoms in total.